The van der Waals surface area contributed by atoms with Crippen molar-refractivity contribution in [2.24, 2.45) is 5.92 Å². The second kappa shape index (κ2) is 8.06. The van der Waals surface area contributed by atoms with Gasteiger partial charge >= 0.3 is 0 Å². The lowest BCUT2D eigenvalue weighted by Gasteiger charge is -2.33. The van der Waals surface area contributed by atoms with E-state index in [9.17, 15) is 0 Å². The maximum Gasteiger partial charge on any atom is 0.0672 e. The van der Waals surface area contributed by atoms with Crippen molar-refractivity contribution in [2.45, 2.75) is 52.2 Å². The van der Waals surface area contributed by atoms with Crippen LogP contribution >= 0.6 is 0 Å². The molecule has 0 bridgehead atoms. The molecule has 1 fully saturated rings. The first-order chi connectivity index (χ1) is 8.09. The number of likely N-dealkylation sites (N-methyl/N-ethyl adjacent to an activating group) is 1. The van der Waals surface area contributed by atoms with Crippen LogP contribution < -0.4 is 5.32 Å². The SMILES string of the molecule is CC(C)CNCC(C)OCC1CCCCN1C. The molecule has 0 aromatic heterocycles. The van der Waals surface area contributed by atoms with Gasteiger partial charge in [0, 0.05) is 12.6 Å². The van der Waals surface area contributed by atoms with Gasteiger partial charge in [0.05, 0.1) is 12.7 Å². The summed E-state index contributed by atoms with van der Waals surface area (Å²) in [6.45, 7) is 10.8. The maximum absolute atomic E-state index is 5.93. The summed E-state index contributed by atoms with van der Waals surface area (Å²) in [5.74, 6) is 0.715. The average Bonchev–Trinajstić information content (AvgIpc) is 2.27. The summed E-state index contributed by atoms with van der Waals surface area (Å²) in [5, 5.41) is 3.44. The van der Waals surface area contributed by atoms with Crippen LogP contribution in [0.5, 0.6) is 0 Å². The molecular weight excluding hydrogens is 212 g/mol. The van der Waals surface area contributed by atoms with E-state index in [0.29, 0.717) is 18.1 Å². The van der Waals surface area contributed by atoms with Gasteiger partial charge in [0.2, 0.25) is 0 Å². The summed E-state index contributed by atoms with van der Waals surface area (Å²) in [6.07, 6.45) is 4.32. The number of piperidine rings is 1. The van der Waals surface area contributed by atoms with Gasteiger partial charge in [-0.25, -0.2) is 0 Å². The molecule has 1 rings (SSSR count). The lowest BCUT2D eigenvalue weighted by atomic mass is 10.0. The fourth-order valence-electron chi connectivity index (χ4n) is 2.26. The molecule has 0 spiro atoms. The quantitative estimate of drug-likeness (QED) is 0.740. The summed E-state index contributed by atoms with van der Waals surface area (Å²) < 4.78 is 5.93. The Balaban J connectivity index is 2.07. The van der Waals surface area contributed by atoms with Crippen molar-refractivity contribution >= 4 is 0 Å². The molecule has 1 aliphatic rings. The van der Waals surface area contributed by atoms with E-state index in [0.717, 1.165) is 19.7 Å². The Labute approximate surface area is 107 Å². The van der Waals surface area contributed by atoms with E-state index in [4.69, 9.17) is 4.74 Å². The minimum Gasteiger partial charge on any atom is -0.376 e. The zero-order valence-corrected chi connectivity index (χ0v) is 12.0. The van der Waals surface area contributed by atoms with Crippen molar-refractivity contribution in [1.82, 2.24) is 10.2 Å². The highest BCUT2D eigenvalue weighted by atomic mass is 16.5. The number of hydrogen-bond acceptors (Lipinski definition) is 3. The predicted molar refractivity (Wildman–Crippen MR) is 73.4 cm³/mol. The lowest BCUT2D eigenvalue weighted by molar-refractivity contribution is 0.0124. The monoisotopic (exact) mass is 242 g/mol. The molecule has 1 N–H and O–H groups in total. The van der Waals surface area contributed by atoms with Gasteiger partial charge in [-0.3, -0.25) is 0 Å². The smallest absolute Gasteiger partial charge is 0.0672 e. The number of hydrogen-bond donors (Lipinski definition) is 1. The second-order valence-corrected chi connectivity index (χ2v) is 5.83. The van der Waals surface area contributed by atoms with Gasteiger partial charge in [0.1, 0.15) is 0 Å². The summed E-state index contributed by atoms with van der Waals surface area (Å²) in [4.78, 5) is 2.44. The summed E-state index contributed by atoms with van der Waals surface area (Å²) in [5.41, 5.74) is 0. The Bertz CT molecular complexity index is 197. The van der Waals surface area contributed by atoms with Crippen LogP contribution in [0, 0.1) is 5.92 Å². The van der Waals surface area contributed by atoms with E-state index in [2.05, 4.69) is 38.0 Å². The molecule has 0 amide bonds. The fourth-order valence-corrected chi connectivity index (χ4v) is 2.26. The van der Waals surface area contributed by atoms with Crippen molar-refractivity contribution < 1.29 is 4.74 Å². The first kappa shape index (κ1) is 14.9. The van der Waals surface area contributed by atoms with E-state index in [1.165, 1.54) is 25.8 Å². The molecule has 1 aliphatic heterocycles. The Morgan fingerprint density at radius 1 is 1.24 bits per heavy atom. The molecule has 1 heterocycles. The van der Waals surface area contributed by atoms with Crippen LogP contribution in [0.2, 0.25) is 0 Å². The van der Waals surface area contributed by atoms with Crippen LogP contribution in [0.25, 0.3) is 0 Å². The Morgan fingerprint density at radius 3 is 2.65 bits per heavy atom. The molecule has 3 heteroatoms. The second-order valence-electron chi connectivity index (χ2n) is 5.83. The highest BCUT2D eigenvalue weighted by molar-refractivity contribution is 4.74. The molecule has 3 nitrogen and oxygen atoms in total. The molecule has 1 saturated heterocycles. The van der Waals surface area contributed by atoms with Crippen LogP contribution in [0.4, 0.5) is 0 Å². The average molecular weight is 242 g/mol. The molecule has 102 valence electrons. The Hall–Kier alpha value is -0.120. The lowest BCUT2D eigenvalue weighted by Crippen LogP contribution is -2.41. The molecule has 0 aromatic rings. The minimum absolute atomic E-state index is 0.323. The van der Waals surface area contributed by atoms with Gasteiger partial charge in [-0.05, 0) is 45.8 Å². The minimum atomic E-state index is 0.323. The van der Waals surface area contributed by atoms with Crippen LogP contribution in [0.3, 0.4) is 0 Å². The molecule has 0 saturated carbocycles. The van der Waals surface area contributed by atoms with Crippen molar-refractivity contribution in [1.29, 1.82) is 0 Å². The molecule has 0 radical (unpaired) electrons. The summed E-state index contributed by atoms with van der Waals surface area (Å²) in [6, 6.07) is 0.635. The number of ether oxygens (including phenoxy) is 1. The third kappa shape index (κ3) is 6.39. The van der Waals surface area contributed by atoms with Gasteiger partial charge in [0.25, 0.3) is 0 Å². The third-order valence-electron chi connectivity index (χ3n) is 3.48. The molecular formula is C14H30N2O. The highest BCUT2D eigenvalue weighted by Crippen LogP contribution is 2.15. The van der Waals surface area contributed by atoms with Gasteiger partial charge in [0.15, 0.2) is 0 Å². The van der Waals surface area contributed by atoms with Crippen molar-refractivity contribution in [3.8, 4) is 0 Å². The number of nitrogens with one attached hydrogen (secondary N) is 1. The Kier molecular flexibility index (Phi) is 7.09. The van der Waals surface area contributed by atoms with Crippen LogP contribution in [0.1, 0.15) is 40.0 Å². The topological polar surface area (TPSA) is 24.5 Å². The van der Waals surface area contributed by atoms with Crippen LogP contribution in [0.15, 0.2) is 0 Å². The molecule has 0 aromatic carbocycles. The molecule has 2 atom stereocenters. The number of likely N-dealkylation sites (tertiary alicyclic amines) is 1. The van der Waals surface area contributed by atoms with Crippen molar-refractivity contribution in [3.63, 3.8) is 0 Å². The number of rotatable bonds is 7. The zero-order valence-electron chi connectivity index (χ0n) is 12.0. The van der Waals surface area contributed by atoms with Gasteiger partial charge < -0.3 is 15.0 Å². The first-order valence-corrected chi connectivity index (χ1v) is 7.12. The van der Waals surface area contributed by atoms with Gasteiger partial charge in [-0.1, -0.05) is 20.3 Å². The van der Waals surface area contributed by atoms with Crippen LogP contribution in [-0.4, -0.2) is 50.3 Å². The van der Waals surface area contributed by atoms with Crippen molar-refractivity contribution in [3.05, 3.63) is 0 Å². The molecule has 0 aliphatic carbocycles. The van der Waals surface area contributed by atoms with E-state index in [1.54, 1.807) is 0 Å². The fraction of sp³-hybridized carbons (Fsp3) is 1.00. The normalized spacial score (nSPS) is 24.2. The first-order valence-electron chi connectivity index (χ1n) is 7.12. The van der Waals surface area contributed by atoms with Gasteiger partial charge in [-0.2, -0.15) is 0 Å². The molecule has 17 heavy (non-hydrogen) atoms. The highest BCUT2D eigenvalue weighted by Gasteiger charge is 2.19. The predicted octanol–water partition coefficient (Wildman–Crippen LogP) is 2.12. The van der Waals surface area contributed by atoms with Gasteiger partial charge in [-0.15, -0.1) is 0 Å². The zero-order chi connectivity index (χ0) is 12.7. The summed E-state index contributed by atoms with van der Waals surface area (Å²) in [7, 11) is 2.22. The molecule has 2 unspecified atom stereocenters. The van der Waals surface area contributed by atoms with E-state index in [-0.39, 0.29) is 0 Å². The maximum atomic E-state index is 5.93. The third-order valence-corrected chi connectivity index (χ3v) is 3.48. The van der Waals surface area contributed by atoms with Crippen molar-refractivity contribution in [2.75, 3.05) is 33.3 Å². The largest absolute Gasteiger partial charge is 0.376 e. The number of nitrogens with zero attached hydrogens (tertiary/aromatic N) is 1. The standard InChI is InChI=1S/C14H30N2O/c1-12(2)9-15-10-13(3)17-11-14-7-5-6-8-16(14)4/h12-15H,5-11H2,1-4H3. The van der Waals surface area contributed by atoms with E-state index in [1.807, 2.05) is 0 Å². The van der Waals surface area contributed by atoms with E-state index < -0.39 is 0 Å². The summed E-state index contributed by atoms with van der Waals surface area (Å²) >= 11 is 0. The Morgan fingerprint density at radius 2 is 2.00 bits per heavy atom. The van der Waals surface area contributed by atoms with Crippen LogP contribution in [-0.2, 0) is 4.74 Å². The van der Waals surface area contributed by atoms with E-state index >= 15 is 0 Å².